The molecule has 2 aromatic carbocycles. The summed E-state index contributed by atoms with van der Waals surface area (Å²) in [7, 11) is -1.97. The lowest BCUT2D eigenvalue weighted by molar-refractivity contribution is 0.195. The molecule has 0 atom stereocenters. The van der Waals surface area contributed by atoms with Crippen LogP contribution in [0.1, 0.15) is 29.5 Å². The fourth-order valence-electron chi connectivity index (χ4n) is 3.83. The van der Waals surface area contributed by atoms with Crippen LogP contribution >= 0.6 is 0 Å². The van der Waals surface area contributed by atoms with Gasteiger partial charge in [-0.3, -0.25) is 0 Å². The highest BCUT2D eigenvalue weighted by Crippen LogP contribution is 2.23. The second-order valence-corrected chi connectivity index (χ2v) is 9.13. The van der Waals surface area contributed by atoms with Crippen molar-refractivity contribution in [2.45, 2.75) is 25.0 Å². The summed E-state index contributed by atoms with van der Waals surface area (Å²) >= 11 is 0. The number of nitrogens with two attached hydrogens (primary N) is 1. The number of likely N-dealkylation sites (tertiary alicyclic amines) is 1. The third-order valence-corrected chi connectivity index (χ3v) is 6.08. The summed E-state index contributed by atoms with van der Waals surface area (Å²) in [5.41, 5.74) is 3.93. The van der Waals surface area contributed by atoms with Gasteiger partial charge in [0.1, 0.15) is 7.11 Å². The molecule has 0 aromatic heterocycles. The smallest absolute Gasteiger partial charge is 0.213 e. The summed E-state index contributed by atoms with van der Waals surface area (Å²) in [5, 5.41) is 9.42. The molecule has 0 bridgehead atoms. The minimum absolute atomic E-state index is 0.163. The fourth-order valence-corrected chi connectivity index (χ4v) is 4.48. The fraction of sp³-hybridized carbons (Fsp3) is 0.409. The van der Waals surface area contributed by atoms with E-state index in [0.717, 1.165) is 50.2 Å². The second-order valence-electron chi connectivity index (χ2n) is 7.51. The Labute approximate surface area is 173 Å². The second kappa shape index (κ2) is 10.0. The van der Waals surface area contributed by atoms with Crippen molar-refractivity contribution in [1.82, 2.24) is 4.90 Å². The molecule has 2 N–H and O–H groups in total. The summed E-state index contributed by atoms with van der Waals surface area (Å²) in [5.74, 6) is 0.163. The van der Waals surface area contributed by atoms with E-state index in [0.29, 0.717) is 11.5 Å². The van der Waals surface area contributed by atoms with Crippen LogP contribution in [0.4, 0.5) is 0 Å². The Morgan fingerprint density at radius 1 is 1.07 bits per heavy atom. The van der Waals surface area contributed by atoms with Gasteiger partial charge in [-0.1, -0.05) is 59.8 Å². The molecule has 0 saturated carbocycles. The van der Waals surface area contributed by atoms with Crippen molar-refractivity contribution in [3.05, 3.63) is 71.3 Å². The zero-order valence-corrected chi connectivity index (χ0v) is 17.6. The van der Waals surface area contributed by atoms with E-state index >= 15 is 0 Å². The zero-order valence-electron chi connectivity index (χ0n) is 16.8. The first-order chi connectivity index (χ1) is 13.9. The number of hydrogen-bond donors (Lipinski definition) is 1. The largest absolute Gasteiger partial charge is 0.399 e. The number of primary sulfonamides is 1. The predicted octanol–water partition coefficient (Wildman–Crippen LogP) is 2.78. The van der Waals surface area contributed by atoms with E-state index < -0.39 is 10.0 Å². The minimum atomic E-state index is -3.53. The zero-order chi connectivity index (χ0) is 20.7. The number of benzene rings is 2. The maximum absolute atomic E-state index is 11.3. The number of piperidine rings is 1. The van der Waals surface area contributed by atoms with E-state index in [4.69, 9.17) is 9.98 Å². The molecule has 0 aliphatic carbocycles. The molecule has 1 fully saturated rings. The van der Waals surface area contributed by atoms with Crippen molar-refractivity contribution in [3.8, 4) is 0 Å². The van der Waals surface area contributed by atoms with Crippen LogP contribution in [-0.2, 0) is 27.0 Å². The van der Waals surface area contributed by atoms with Gasteiger partial charge in [0, 0.05) is 12.5 Å². The van der Waals surface area contributed by atoms with Crippen LogP contribution in [0.5, 0.6) is 0 Å². The molecule has 156 valence electrons. The topological polar surface area (TPSA) is 85.0 Å². The lowest BCUT2D eigenvalue weighted by atomic mass is 9.88. The van der Waals surface area contributed by atoms with Gasteiger partial charge in [0.25, 0.3) is 0 Å². The first-order valence-corrected chi connectivity index (χ1v) is 11.6. The van der Waals surface area contributed by atoms with Crippen LogP contribution in [0.25, 0.3) is 0 Å². The van der Waals surface area contributed by atoms with Gasteiger partial charge in [0.15, 0.2) is 0 Å². The van der Waals surface area contributed by atoms with Gasteiger partial charge in [-0.25, -0.2) is 13.6 Å². The van der Waals surface area contributed by atoms with E-state index in [1.165, 1.54) is 5.56 Å². The maximum Gasteiger partial charge on any atom is 0.213 e. The first-order valence-electron chi connectivity index (χ1n) is 9.92. The monoisotopic (exact) mass is 415 g/mol. The normalized spacial score (nSPS) is 16.7. The third-order valence-electron chi connectivity index (χ3n) is 5.34. The Morgan fingerprint density at radius 3 is 2.31 bits per heavy atom. The number of nitrogens with zero attached hydrogens (tertiary/aromatic N) is 2. The molecule has 6 nitrogen and oxygen atoms in total. The van der Waals surface area contributed by atoms with Crippen LogP contribution < -0.4 is 5.14 Å². The Bertz CT molecular complexity index is 904. The molecular formula is C22H29N3O3S. The van der Waals surface area contributed by atoms with E-state index in [2.05, 4.69) is 34.3 Å². The molecule has 29 heavy (non-hydrogen) atoms. The van der Waals surface area contributed by atoms with Crippen LogP contribution in [0, 0.1) is 5.92 Å². The molecule has 0 radical (unpaired) electrons. The van der Waals surface area contributed by atoms with Crippen molar-refractivity contribution in [2.75, 3.05) is 26.7 Å². The van der Waals surface area contributed by atoms with Gasteiger partial charge < -0.3 is 9.74 Å². The molecular weight excluding hydrogens is 386 g/mol. The maximum atomic E-state index is 11.3. The van der Waals surface area contributed by atoms with Gasteiger partial charge in [-0.15, -0.1) is 0 Å². The van der Waals surface area contributed by atoms with Gasteiger partial charge in [-0.05, 0) is 49.0 Å². The highest BCUT2D eigenvalue weighted by Gasteiger charge is 2.25. The van der Waals surface area contributed by atoms with Crippen LogP contribution in [0.2, 0.25) is 0 Å². The molecule has 1 aliphatic heterocycles. The molecule has 0 spiro atoms. The van der Waals surface area contributed by atoms with E-state index in [1.807, 2.05) is 18.2 Å². The molecule has 1 heterocycles. The lowest BCUT2D eigenvalue weighted by Crippen LogP contribution is -2.37. The van der Waals surface area contributed by atoms with Crippen molar-refractivity contribution >= 4 is 15.7 Å². The van der Waals surface area contributed by atoms with Crippen LogP contribution in [0.15, 0.2) is 59.8 Å². The third kappa shape index (κ3) is 6.66. The van der Waals surface area contributed by atoms with Gasteiger partial charge in [0.05, 0.1) is 11.5 Å². The van der Waals surface area contributed by atoms with E-state index in [1.54, 1.807) is 19.2 Å². The van der Waals surface area contributed by atoms with Crippen molar-refractivity contribution in [2.24, 2.45) is 16.2 Å². The SMILES string of the molecule is CON=C(c1ccc(CS(N)(=O)=O)cc1)C1CCN(CCc2ccccc2)CC1. The molecule has 2 aromatic rings. The Morgan fingerprint density at radius 2 is 1.72 bits per heavy atom. The number of rotatable bonds is 8. The highest BCUT2D eigenvalue weighted by atomic mass is 32.2. The van der Waals surface area contributed by atoms with Crippen LogP contribution in [0.3, 0.4) is 0 Å². The standard InChI is InChI=1S/C22H29N3O3S/c1-28-24-22(20-9-7-19(8-10-20)17-29(23,26)27)21-12-15-25(16-13-21)14-11-18-5-3-2-4-6-18/h2-10,21H,11-17H2,1H3,(H2,23,26,27). The molecule has 0 amide bonds. The van der Waals surface area contributed by atoms with Gasteiger partial charge in [-0.2, -0.15) is 0 Å². The summed E-state index contributed by atoms with van der Waals surface area (Å²) in [6.07, 6.45) is 3.11. The number of sulfonamides is 1. The number of hydrogen-bond acceptors (Lipinski definition) is 5. The molecule has 0 unspecified atom stereocenters. The van der Waals surface area contributed by atoms with Gasteiger partial charge in [0.2, 0.25) is 10.0 Å². The molecule has 1 aliphatic rings. The molecule has 7 heteroatoms. The number of oxime groups is 1. The molecule has 3 rings (SSSR count). The van der Waals surface area contributed by atoms with E-state index in [-0.39, 0.29) is 5.75 Å². The van der Waals surface area contributed by atoms with Gasteiger partial charge >= 0.3 is 0 Å². The first kappa shape index (κ1) is 21.5. The Kier molecular flexibility index (Phi) is 7.41. The highest BCUT2D eigenvalue weighted by molar-refractivity contribution is 7.88. The lowest BCUT2D eigenvalue weighted by Gasteiger charge is -2.32. The van der Waals surface area contributed by atoms with Crippen molar-refractivity contribution < 1.29 is 13.3 Å². The van der Waals surface area contributed by atoms with Crippen molar-refractivity contribution in [3.63, 3.8) is 0 Å². The Balaban J connectivity index is 1.58. The van der Waals surface area contributed by atoms with E-state index in [9.17, 15) is 8.42 Å². The predicted molar refractivity (Wildman–Crippen MR) is 116 cm³/mol. The summed E-state index contributed by atoms with van der Waals surface area (Å²) in [4.78, 5) is 7.62. The summed E-state index contributed by atoms with van der Waals surface area (Å²) in [6, 6.07) is 18.0. The van der Waals surface area contributed by atoms with Crippen LogP contribution in [-0.4, -0.2) is 45.8 Å². The average Bonchev–Trinajstić information content (AvgIpc) is 2.71. The summed E-state index contributed by atoms with van der Waals surface area (Å²) < 4.78 is 22.5. The quantitative estimate of drug-likeness (QED) is 0.531. The average molecular weight is 416 g/mol. The Hall–Kier alpha value is -2.22. The summed E-state index contributed by atoms with van der Waals surface area (Å²) in [6.45, 7) is 3.13. The minimum Gasteiger partial charge on any atom is -0.399 e. The molecule has 1 saturated heterocycles. The van der Waals surface area contributed by atoms with Crippen molar-refractivity contribution in [1.29, 1.82) is 0 Å².